The number of amides is 3. The van der Waals surface area contributed by atoms with Gasteiger partial charge < -0.3 is 14.8 Å². The smallest absolute Gasteiger partial charge is 0.329 e. The van der Waals surface area contributed by atoms with Crippen LogP contribution in [0.4, 0.5) is 4.79 Å². The Hall–Kier alpha value is -2.99. The van der Waals surface area contributed by atoms with Crippen molar-refractivity contribution in [3.05, 3.63) is 64.3 Å². The molecule has 28 heavy (non-hydrogen) atoms. The van der Waals surface area contributed by atoms with Gasteiger partial charge in [-0.15, -0.1) is 0 Å². The van der Waals surface area contributed by atoms with Crippen molar-refractivity contribution in [1.82, 2.24) is 10.2 Å². The molecule has 0 bridgehead atoms. The lowest BCUT2D eigenvalue weighted by atomic mass is 10.1. The molecule has 0 unspecified atom stereocenters. The molecule has 0 atom stereocenters. The van der Waals surface area contributed by atoms with Crippen molar-refractivity contribution in [1.29, 1.82) is 0 Å². The summed E-state index contributed by atoms with van der Waals surface area (Å²) in [6.45, 7) is 3.96. The quantitative estimate of drug-likeness (QED) is 0.582. The Morgan fingerprint density at radius 2 is 1.86 bits per heavy atom. The molecule has 0 radical (unpaired) electrons. The van der Waals surface area contributed by atoms with Gasteiger partial charge in [-0.3, -0.25) is 9.69 Å². The number of ether oxygens (including phenoxy) is 2. The Balaban J connectivity index is 1.88. The van der Waals surface area contributed by atoms with Gasteiger partial charge in [0, 0.05) is 10.6 Å². The van der Waals surface area contributed by atoms with Crippen LogP contribution in [0.3, 0.4) is 0 Å². The van der Waals surface area contributed by atoms with E-state index >= 15 is 0 Å². The van der Waals surface area contributed by atoms with Crippen LogP contribution < -0.4 is 14.8 Å². The molecule has 2 aromatic carbocycles. The molecule has 3 rings (SSSR count). The van der Waals surface area contributed by atoms with Crippen LogP contribution in [-0.2, 0) is 11.3 Å². The number of rotatable bonds is 6. The Morgan fingerprint density at radius 1 is 1.14 bits per heavy atom. The zero-order chi connectivity index (χ0) is 20.3. The van der Waals surface area contributed by atoms with Crippen LogP contribution >= 0.6 is 11.6 Å². The molecule has 0 aromatic heterocycles. The van der Waals surface area contributed by atoms with E-state index < -0.39 is 11.9 Å². The Kier molecular flexibility index (Phi) is 5.90. The van der Waals surface area contributed by atoms with Gasteiger partial charge in [0.1, 0.15) is 5.70 Å². The Labute approximate surface area is 168 Å². The lowest BCUT2D eigenvalue weighted by molar-refractivity contribution is -0.123. The predicted molar refractivity (Wildman–Crippen MR) is 107 cm³/mol. The summed E-state index contributed by atoms with van der Waals surface area (Å²) in [5, 5.41) is 3.22. The maximum absolute atomic E-state index is 12.8. The molecule has 1 saturated heterocycles. The molecule has 1 aliphatic heterocycles. The normalized spacial score (nSPS) is 15.3. The molecule has 0 aliphatic carbocycles. The van der Waals surface area contributed by atoms with Gasteiger partial charge in [-0.05, 0) is 43.7 Å². The summed E-state index contributed by atoms with van der Waals surface area (Å²) in [7, 11) is 1.55. The fraction of sp³-hybridized carbons (Fsp3) is 0.238. The number of halogens is 1. The van der Waals surface area contributed by atoms with E-state index in [4.69, 9.17) is 21.1 Å². The second-order valence-corrected chi connectivity index (χ2v) is 6.99. The van der Waals surface area contributed by atoms with Gasteiger partial charge in [0.25, 0.3) is 5.91 Å². The van der Waals surface area contributed by atoms with Gasteiger partial charge in [0.15, 0.2) is 11.5 Å². The Morgan fingerprint density at radius 3 is 2.50 bits per heavy atom. The SMILES string of the molecule is COc1cccc(C=C2NC(=O)N(Cc3ccc(Cl)cc3)C2=O)c1OC(C)C. The minimum absolute atomic E-state index is 0.0799. The van der Waals surface area contributed by atoms with Crippen molar-refractivity contribution in [3.8, 4) is 11.5 Å². The van der Waals surface area contributed by atoms with Crippen LogP contribution in [0, 0.1) is 0 Å². The predicted octanol–water partition coefficient (Wildman–Crippen LogP) is 4.23. The van der Waals surface area contributed by atoms with E-state index in [2.05, 4.69) is 5.32 Å². The Bertz CT molecular complexity index is 923. The lowest BCUT2D eigenvalue weighted by Crippen LogP contribution is -2.30. The number of methoxy groups -OCH3 is 1. The highest BCUT2D eigenvalue weighted by atomic mass is 35.5. The summed E-state index contributed by atoms with van der Waals surface area (Å²) in [6.07, 6.45) is 1.52. The third kappa shape index (κ3) is 4.28. The van der Waals surface area contributed by atoms with Gasteiger partial charge in [-0.2, -0.15) is 0 Å². The number of hydrogen-bond acceptors (Lipinski definition) is 4. The van der Waals surface area contributed by atoms with E-state index in [-0.39, 0.29) is 18.3 Å². The highest BCUT2D eigenvalue weighted by Gasteiger charge is 2.33. The van der Waals surface area contributed by atoms with E-state index in [9.17, 15) is 9.59 Å². The fourth-order valence-corrected chi connectivity index (χ4v) is 2.94. The topological polar surface area (TPSA) is 67.9 Å². The number of carbonyl (C=O) groups excluding carboxylic acids is 2. The molecule has 2 aromatic rings. The van der Waals surface area contributed by atoms with E-state index in [1.54, 1.807) is 55.7 Å². The van der Waals surface area contributed by atoms with Crippen molar-refractivity contribution in [3.63, 3.8) is 0 Å². The average molecular weight is 401 g/mol. The molecule has 7 heteroatoms. The minimum Gasteiger partial charge on any atom is -0.493 e. The summed E-state index contributed by atoms with van der Waals surface area (Å²) < 4.78 is 11.2. The summed E-state index contributed by atoms with van der Waals surface area (Å²) in [6, 6.07) is 11.9. The summed E-state index contributed by atoms with van der Waals surface area (Å²) >= 11 is 5.88. The molecule has 1 N–H and O–H groups in total. The summed E-state index contributed by atoms with van der Waals surface area (Å²) in [5.74, 6) is 0.668. The lowest BCUT2D eigenvalue weighted by Gasteiger charge is -2.16. The average Bonchev–Trinajstić information content (AvgIpc) is 2.92. The number of carbonyl (C=O) groups is 2. The van der Waals surface area contributed by atoms with Crippen molar-refractivity contribution in [2.24, 2.45) is 0 Å². The number of nitrogens with one attached hydrogen (secondary N) is 1. The van der Waals surface area contributed by atoms with Crippen LogP contribution in [0.25, 0.3) is 6.08 Å². The van der Waals surface area contributed by atoms with Crippen molar-refractivity contribution in [2.75, 3.05) is 7.11 Å². The first kappa shape index (κ1) is 19.8. The highest BCUT2D eigenvalue weighted by Crippen LogP contribution is 2.34. The van der Waals surface area contributed by atoms with E-state index in [1.807, 2.05) is 13.8 Å². The van der Waals surface area contributed by atoms with Gasteiger partial charge in [-0.25, -0.2) is 4.79 Å². The second-order valence-electron chi connectivity index (χ2n) is 6.55. The zero-order valence-electron chi connectivity index (χ0n) is 15.9. The number of benzene rings is 2. The maximum atomic E-state index is 12.8. The fourth-order valence-electron chi connectivity index (χ4n) is 2.81. The van der Waals surface area contributed by atoms with Gasteiger partial charge in [0.05, 0.1) is 19.8 Å². The van der Waals surface area contributed by atoms with Crippen LogP contribution in [0.15, 0.2) is 48.2 Å². The number of urea groups is 1. The zero-order valence-corrected chi connectivity index (χ0v) is 16.6. The number of para-hydroxylation sites is 1. The van der Waals surface area contributed by atoms with Crippen LogP contribution in [0.5, 0.6) is 11.5 Å². The van der Waals surface area contributed by atoms with E-state index in [0.29, 0.717) is 22.1 Å². The molecular formula is C21H21ClN2O4. The van der Waals surface area contributed by atoms with Gasteiger partial charge in [-0.1, -0.05) is 35.9 Å². The molecule has 1 fully saturated rings. The molecule has 1 heterocycles. The van der Waals surface area contributed by atoms with Crippen molar-refractivity contribution < 1.29 is 19.1 Å². The molecular weight excluding hydrogens is 380 g/mol. The van der Waals surface area contributed by atoms with Crippen LogP contribution in [-0.4, -0.2) is 30.1 Å². The molecule has 0 saturated carbocycles. The number of hydrogen-bond donors (Lipinski definition) is 1. The standard InChI is InChI=1S/C21H21ClN2O4/c1-13(2)28-19-15(5-4-6-18(19)27-3)11-17-20(25)24(21(26)23-17)12-14-7-9-16(22)10-8-14/h4-11,13H,12H2,1-3H3,(H,23,26). The van der Waals surface area contributed by atoms with Crippen LogP contribution in [0.2, 0.25) is 5.02 Å². The van der Waals surface area contributed by atoms with Crippen molar-refractivity contribution in [2.45, 2.75) is 26.5 Å². The number of nitrogens with zero attached hydrogens (tertiary/aromatic N) is 1. The first-order chi connectivity index (χ1) is 13.4. The summed E-state index contributed by atoms with van der Waals surface area (Å²) in [5.41, 5.74) is 1.63. The van der Waals surface area contributed by atoms with Gasteiger partial charge >= 0.3 is 6.03 Å². The second kappa shape index (κ2) is 8.35. The molecule has 3 amide bonds. The van der Waals surface area contributed by atoms with Crippen LogP contribution in [0.1, 0.15) is 25.0 Å². The molecule has 1 aliphatic rings. The first-order valence-electron chi connectivity index (χ1n) is 8.81. The van der Waals surface area contributed by atoms with E-state index in [0.717, 1.165) is 10.5 Å². The van der Waals surface area contributed by atoms with Gasteiger partial charge in [0.2, 0.25) is 0 Å². The molecule has 146 valence electrons. The minimum atomic E-state index is -0.472. The van der Waals surface area contributed by atoms with Crippen molar-refractivity contribution >= 4 is 29.6 Å². The maximum Gasteiger partial charge on any atom is 0.329 e. The molecule has 0 spiro atoms. The molecule has 6 nitrogen and oxygen atoms in total. The summed E-state index contributed by atoms with van der Waals surface area (Å²) in [4.78, 5) is 26.2. The monoisotopic (exact) mass is 400 g/mol. The largest absolute Gasteiger partial charge is 0.493 e. The first-order valence-corrected chi connectivity index (χ1v) is 9.19. The third-order valence-electron chi connectivity index (χ3n) is 4.10. The van der Waals surface area contributed by atoms with E-state index in [1.165, 1.54) is 0 Å². The third-order valence-corrected chi connectivity index (χ3v) is 4.35. The number of imide groups is 1. The highest BCUT2D eigenvalue weighted by molar-refractivity contribution is 6.30.